The molecule has 1 aromatic carbocycles. The van der Waals surface area contributed by atoms with E-state index in [1.54, 1.807) is 0 Å². The van der Waals surface area contributed by atoms with Crippen LogP contribution in [0.3, 0.4) is 0 Å². The summed E-state index contributed by atoms with van der Waals surface area (Å²) in [6, 6.07) is 16.6. The zero-order valence-corrected chi connectivity index (χ0v) is 17.4. The predicted molar refractivity (Wildman–Crippen MR) is 114 cm³/mol. The second-order valence-electron chi connectivity index (χ2n) is 8.89. The van der Waals surface area contributed by atoms with Gasteiger partial charge >= 0.3 is 0 Å². The summed E-state index contributed by atoms with van der Waals surface area (Å²) in [6.07, 6.45) is 5.17. The van der Waals surface area contributed by atoms with E-state index in [2.05, 4.69) is 45.5 Å². The number of nitrogens with zero attached hydrogens (tertiary/aromatic N) is 2. The number of hydrogen-bond acceptors (Lipinski definition) is 3. The normalized spacial score (nSPS) is 19.2. The van der Waals surface area contributed by atoms with Crippen molar-refractivity contribution < 1.29 is 4.79 Å². The van der Waals surface area contributed by atoms with E-state index in [0.717, 1.165) is 44.6 Å². The lowest BCUT2D eigenvalue weighted by molar-refractivity contribution is -0.130. The molecule has 1 aromatic heterocycles. The lowest BCUT2D eigenvalue weighted by Gasteiger charge is -2.38. The molecule has 0 saturated carbocycles. The van der Waals surface area contributed by atoms with Gasteiger partial charge in [0.1, 0.15) is 0 Å². The standard InChI is InChI=1S/C24H33N3O/c1-24(2,3)23(28)26-22(21-13-7-8-15-25-21)20-12-9-16-27(18-20)17-14-19-10-5-4-6-11-19/h4-8,10-11,13,15,20,22H,9,12,14,16-18H2,1-3H3,(H,26,28)/t20-,22-/m1/s1. The zero-order valence-electron chi connectivity index (χ0n) is 17.4. The number of piperidine rings is 1. The van der Waals surface area contributed by atoms with Crippen LogP contribution in [0.25, 0.3) is 0 Å². The van der Waals surface area contributed by atoms with Gasteiger partial charge in [0.25, 0.3) is 0 Å². The van der Waals surface area contributed by atoms with Crippen molar-refractivity contribution in [3.8, 4) is 0 Å². The van der Waals surface area contributed by atoms with Gasteiger partial charge in [-0.25, -0.2) is 0 Å². The van der Waals surface area contributed by atoms with E-state index in [4.69, 9.17) is 0 Å². The van der Waals surface area contributed by atoms with E-state index in [9.17, 15) is 4.79 Å². The summed E-state index contributed by atoms with van der Waals surface area (Å²) >= 11 is 0. The summed E-state index contributed by atoms with van der Waals surface area (Å²) < 4.78 is 0. The van der Waals surface area contributed by atoms with Crippen molar-refractivity contribution in [1.29, 1.82) is 0 Å². The highest BCUT2D eigenvalue weighted by molar-refractivity contribution is 5.81. The quantitative estimate of drug-likeness (QED) is 0.816. The molecule has 28 heavy (non-hydrogen) atoms. The lowest BCUT2D eigenvalue weighted by atomic mass is 9.86. The Labute approximate surface area is 169 Å². The number of nitrogens with one attached hydrogen (secondary N) is 1. The van der Waals surface area contributed by atoms with Crippen LogP contribution in [0.5, 0.6) is 0 Å². The van der Waals surface area contributed by atoms with Crippen molar-refractivity contribution in [2.24, 2.45) is 11.3 Å². The van der Waals surface area contributed by atoms with Crippen molar-refractivity contribution >= 4 is 5.91 Å². The molecule has 1 saturated heterocycles. The van der Waals surface area contributed by atoms with Gasteiger partial charge in [-0.1, -0.05) is 57.2 Å². The number of rotatable bonds is 6. The molecule has 2 heterocycles. The van der Waals surface area contributed by atoms with E-state index < -0.39 is 5.41 Å². The number of amides is 1. The van der Waals surface area contributed by atoms with Gasteiger partial charge in [-0.05, 0) is 49.4 Å². The van der Waals surface area contributed by atoms with Crippen LogP contribution >= 0.6 is 0 Å². The van der Waals surface area contributed by atoms with Crippen LogP contribution in [-0.4, -0.2) is 35.4 Å². The third kappa shape index (κ3) is 5.65. The molecule has 1 fully saturated rings. The van der Waals surface area contributed by atoms with Crippen LogP contribution < -0.4 is 5.32 Å². The molecule has 4 nitrogen and oxygen atoms in total. The fourth-order valence-corrected chi connectivity index (χ4v) is 3.85. The molecule has 0 spiro atoms. The van der Waals surface area contributed by atoms with Crippen molar-refractivity contribution in [2.75, 3.05) is 19.6 Å². The van der Waals surface area contributed by atoms with Gasteiger partial charge in [-0.15, -0.1) is 0 Å². The maximum atomic E-state index is 12.7. The first kappa shape index (κ1) is 20.5. The van der Waals surface area contributed by atoms with Crippen LogP contribution in [0, 0.1) is 11.3 Å². The predicted octanol–water partition coefficient (Wildman–Crippen LogP) is 4.24. The van der Waals surface area contributed by atoms with Crippen molar-refractivity contribution in [1.82, 2.24) is 15.2 Å². The topological polar surface area (TPSA) is 45.2 Å². The second kappa shape index (κ2) is 9.33. The lowest BCUT2D eigenvalue weighted by Crippen LogP contribution is -2.46. The van der Waals surface area contributed by atoms with Crippen LogP contribution in [0.1, 0.15) is 50.9 Å². The first-order chi connectivity index (χ1) is 13.4. The van der Waals surface area contributed by atoms with E-state index in [1.807, 2.05) is 45.2 Å². The second-order valence-corrected chi connectivity index (χ2v) is 8.89. The first-order valence-corrected chi connectivity index (χ1v) is 10.4. The molecule has 3 rings (SSSR count). The van der Waals surface area contributed by atoms with Gasteiger partial charge in [0, 0.05) is 24.7 Å². The van der Waals surface area contributed by atoms with E-state index in [0.29, 0.717) is 5.92 Å². The molecule has 2 aromatic rings. The average molecular weight is 380 g/mol. The van der Waals surface area contributed by atoms with E-state index >= 15 is 0 Å². The van der Waals surface area contributed by atoms with Gasteiger partial charge < -0.3 is 10.2 Å². The number of carbonyl (C=O) groups excluding carboxylic acids is 1. The van der Waals surface area contributed by atoms with Gasteiger partial charge in [0.2, 0.25) is 5.91 Å². The minimum Gasteiger partial charge on any atom is -0.347 e. The molecule has 150 valence electrons. The van der Waals surface area contributed by atoms with Crippen LogP contribution in [0.15, 0.2) is 54.7 Å². The maximum absolute atomic E-state index is 12.7. The van der Waals surface area contributed by atoms with Crippen LogP contribution in [0.4, 0.5) is 0 Å². The molecule has 4 heteroatoms. The van der Waals surface area contributed by atoms with Crippen LogP contribution in [0.2, 0.25) is 0 Å². The molecule has 0 bridgehead atoms. The smallest absolute Gasteiger partial charge is 0.225 e. The minimum absolute atomic E-state index is 0.0348. The Bertz CT molecular complexity index is 739. The number of hydrogen-bond donors (Lipinski definition) is 1. The zero-order chi connectivity index (χ0) is 20.0. The first-order valence-electron chi connectivity index (χ1n) is 10.4. The molecule has 1 N–H and O–H groups in total. The van der Waals surface area contributed by atoms with Gasteiger partial charge in [0.05, 0.1) is 11.7 Å². The highest BCUT2D eigenvalue weighted by atomic mass is 16.2. The fraction of sp³-hybridized carbons (Fsp3) is 0.500. The maximum Gasteiger partial charge on any atom is 0.225 e. The Morgan fingerprint density at radius 3 is 2.61 bits per heavy atom. The number of likely N-dealkylation sites (tertiary alicyclic amines) is 1. The Kier molecular flexibility index (Phi) is 6.84. The Morgan fingerprint density at radius 2 is 1.93 bits per heavy atom. The van der Waals surface area contributed by atoms with E-state index in [1.165, 1.54) is 5.56 Å². The molecule has 1 amide bonds. The third-order valence-electron chi connectivity index (χ3n) is 5.55. The fourth-order valence-electron chi connectivity index (χ4n) is 3.85. The molecule has 2 atom stereocenters. The molecule has 1 aliphatic rings. The monoisotopic (exact) mass is 379 g/mol. The largest absolute Gasteiger partial charge is 0.347 e. The number of aromatic nitrogens is 1. The summed E-state index contributed by atoms with van der Waals surface area (Å²) in [5.41, 5.74) is 1.94. The highest BCUT2D eigenvalue weighted by Gasteiger charge is 2.32. The van der Waals surface area contributed by atoms with Gasteiger partial charge in [0.15, 0.2) is 0 Å². The Morgan fingerprint density at radius 1 is 1.18 bits per heavy atom. The molecular formula is C24H33N3O. The summed E-state index contributed by atoms with van der Waals surface area (Å²) in [4.78, 5) is 19.8. The highest BCUT2D eigenvalue weighted by Crippen LogP contribution is 2.30. The Balaban J connectivity index is 1.69. The van der Waals surface area contributed by atoms with Gasteiger partial charge in [-0.3, -0.25) is 9.78 Å². The molecule has 0 unspecified atom stereocenters. The average Bonchev–Trinajstić information content (AvgIpc) is 2.71. The molecule has 1 aliphatic heterocycles. The summed E-state index contributed by atoms with van der Waals surface area (Å²) in [5, 5.41) is 3.31. The summed E-state index contributed by atoms with van der Waals surface area (Å²) in [5.74, 6) is 0.468. The van der Waals surface area contributed by atoms with Crippen molar-refractivity contribution in [3.63, 3.8) is 0 Å². The minimum atomic E-state index is -0.408. The number of pyridine rings is 1. The molecule has 0 aliphatic carbocycles. The van der Waals surface area contributed by atoms with Crippen LogP contribution in [-0.2, 0) is 11.2 Å². The SMILES string of the molecule is CC(C)(C)C(=O)N[C@@H](c1ccccn1)[C@@H]1CCCN(CCc2ccccc2)C1. The Hall–Kier alpha value is -2.20. The number of benzene rings is 1. The van der Waals surface area contributed by atoms with Gasteiger partial charge in [-0.2, -0.15) is 0 Å². The third-order valence-corrected chi connectivity index (χ3v) is 5.55. The number of carbonyl (C=O) groups is 1. The van der Waals surface area contributed by atoms with E-state index in [-0.39, 0.29) is 11.9 Å². The summed E-state index contributed by atoms with van der Waals surface area (Å²) in [7, 11) is 0. The molecular weight excluding hydrogens is 346 g/mol. The molecule has 0 radical (unpaired) electrons. The van der Waals surface area contributed by atoms with Crippen molar-refractivity contribution in [3.05, 3.63) is 66.0 Å². The summed E-state index contributed by atoms with van der Waals surface area (Å²) in [6.45, 7) is 9.08. The van der Waals surface area contributed by atoms with Crippen molar-refractivity contribution in [2.45, 2.75) is 46.1 Å².